The van der Waals surface area contributed by atoms with E-state index in [0.717, 1.165) is 10.0 Å². The van der Waals surface area contributed by atoms with Crippen LogP contribution in [0.1, 0.15) is 16.5 Å². The molecule has 1 aromatic carbocycles. The second-order valence-corrected chi connectivity index (χ2v) is 6.59. The van der Waals surface area contributed by atoms with Crippen LogP contribution in [0.3, 0.4) is 0 Å². The molecule has 0 fully saturated rings. The highest BCUT2D eigenvalue weighted by Crippen LogP contribution is 2.29. The highest BCUT2D eigenvalue weighted by atomic mass is 79.9. The summed E-state index contributed by atoms with van der Waals surface area (Å²) in [6.45, 7) is 0. The Morgan fingerprint density at radius 1 is 1.33 bits per heavy atom. The van der Waals surface area contributed by atoms with Gasteiger partial charge < -0.3 is 0 Å². The summed E-state index contributed by atoms with van der Waals surface area (Å²) in [6, 6.07) is 6.67. The zero-order valence-corrected chi connectivity index (χ0v) is 13.3. The molecule has 3 N–H and O–H groups in total. The summed E-state index contributed by atoms with van der Waals surface area (Å²) in [7, 11) is 0. The molecule has 0 amide bonds. The molecule has 18 heavy (non-hydrogen) atoms. The van der Waals surface area contributed by atoms with E-state index in [1.807, 2.05) is 17.5 Å². The van der Waals surface area contributed by atoms with Gasteiger partial charge in [0.15, 0.2) is 0 Å². The number of rotatable bonds is 4. The largest absolute Gasteiger partial charge is 0.271 e. The van der Waals surface area contributed by atoms with Crippen molar-refractivity contribution in [1.29, 1.82) is 0 Å². The van der Waals surface area contributed by atoms with Gasteiger partial charge in [-0.15, -0.1) is 11.3 Å². The third-order valence-electron chi connectivity index (χ3n) is 2.57. The van der Waals surface area contributed by atoms with E-state index in [2.05, 4.69) is 37.3 Å². The Balaban J connectivity index is 2.25. The van der Waals surface area contributed by atoms with Gasteiger partial charge in [-0.05, 0) is 51.1 Å². The summed E-state index contributed by atoms with van der Waals surface area (Å²) in [5.41, 5.74) is 3.56. The van der Waals surface area contributed by atoms with Gasteiger partial charge in [-0.3, -0.25) is 11.3 Å². The minimum Gasteiger partial charge on any atom is -0.271 e. The molecule has 2 rings (SSSR count). The molecule has 0 bridgehead atoms. The fraction of sp³-hybridized carbons (Fsp3) is 0.167. The lowest BCUT2D eigenvalue weighted by molar-refractivity contribution is 0.546. The van der Waals surface area contributed by atoms with E-state index >= 15 is 0 Å². The van der Waals surface area contributed by atoms with Crippen LogP contribution in [-0.2, 0) is 6.42 Å². The number of nitrogens with two attached hydrogens (primary N) is 1. The lowest BCUT2D eigenvalue weighted by Gasteiger charge is -2.16. The molecule has 0 aliphatic rings. The Hall–Kier alpha value is -0.270. The Labute approximate surface area is 126 Å². The Bertz CT molecular complexity index is 524. The molecule has 1 unspecified atom stereocenters. The SMILES string of the molecule is NNC(Cc1sccc1Br)c1cc(F)cc(Br)c1. The van der Waals surface area contributed by atoms with Crippen molar-refractivity contribution in [3.8, 4) is 0 Å². The summed E-state index contributed by atoms with van der Waals surface area (Å²) in [5, 5.41) is 2.01. The van der Waals surface area contributed by atoms with Crippen LogP contribution in [0.5, 0.6) is 0 Å². The number of nitrogens with one attached hydrogen (secondary N) is 1. The maximum absolute atomic E-state index is 13.4. The molecule has 1 aromatic heterocycles. The number of benzene rings is 1. The van der Waals surface area contributed by atoms with Crippen molar-refractivity contribution in [2.45, 2.75) is 12.5 Å². The van der Waals surface area contributed by atoms with Crippen molar-refractivity contribution in [2.75, 3.05) is 0 Å². The van der Waals surface area contributed by atoms with Crippen LogP contribution in [0.2, 0.25) is 0 Å². The zero-order chi connectivity index (χ0) is 13.1. The fourth-order valence-electron chi connectivity index (χ4n) is 1.71. The normalized spacial score (nSPS) is 12.7. The monoisotopic (exact) mass is 392 g/mol. The minimum atomic E-state index is -0.273. The Morgan fingerprint density at radius 3 is 2.67 bits per heavy atom. The molecule has 96 valence electrons. The average molecular weight is 394 g/mol. The second-order valence-electron chi connectivity index (χ2n) is 3.82. The van der Waals surface area contributed by atoms with Crippen molar-refractivity contribution in [3.63, 3.8) is 0 Å². The maximum Gasteiger partial charge on any atom is 0.124 e. The van der Waals surface area contributed by atoms with Gasteiger partial charge in [-0.2, -0.15) is 0 Å². The van der Waals surface area contributed by atoms with Gasteiger partial charge in [-0.25, -0.2) is 4.39 Å². The first-order valence-electron chi connectivity index (χ1n) is 5.24. The summed E-state index contributed by atoms with van der Waals surface area (Å²) < 4.78 is 15.1. The van der Waals surface area contributed by atoms with Crippen molar-refractivity contribution >= 4 is 43.2 Å². The zero-order valence-electron chi connectivity index (χ0n) is 9.29. The molecule has 0 radical (unpaired) electrons. The molecule has 0 aliphatic carbocycles. The van der Waals surface area contributed by atoms with Crippen molar-refractivity contribution in [1.82, 2.24) is 5.43 Å². The van der Waals surface area contributed by atoms with Crippen LogP contribution in [0.4, 0.5) is 4.39 Å². The first-order chi connectivity index (χ1) is 8.60. The molecule has 1 heterocycles. The molecule has 6 heteroatoms. The molecule has 0 saturated heterocycles. The van der Waals surface area contributed by atoms with Gasteiger partial charge in [0.05, 0.1) is 6.04 Å². The van der Waals surface area contributed by atoms with E-state index in [0.29, 0.717) is 10.9 Å². The smallest absolute Gasteiger partial charge is 0.124 e. The van der Waals surface area contributed by atoms with Crippen LogP contribution in [-0.4, -0.2) is 0 Å². The van der Waals surface area contributed by atoms with Gasteiger partial charge in [0.1, 0.15) is 5.82 Å². The Morgan fingerprint density at radius 2 is 2.11 bits per heavy atom. The van der Waals surface area contributed by atoms with E-state index < -0.39 is 0 Å². The van der Waals surface area contributed by atoms with E-state index in [1.165, 1.54) is 17.0 Å². The third-order valence-corrected chi connectivity index (χ3v) is 4.98. The highest BCUT2D eigenvalue weighted by Gasteiger charge is 2.14. The van der Waals surface area contributed by atoms with Gasteiger partial charge in [0, 0.05) is 20.2 Å². The first kappa shape index (κ1) is 14.1. The van der Waals surface area contributed by atoms with Crippen LogP contribution in [0.15, 0.2) is 38.6 Å². The first-order valence-corrected chi connectivity index (χ1v) is 7.70. The molecule has 0 spiro atoms. The van der Waals surface area contributed by atoms with E-state index in [1.54, 1.807) is 11.3 Å². The molecule has 2 nitrogen and oxygen atoms in total. The molecule has 0 saturated carbocycles. The molecule has 2 aromatic rings. The number of halogens is 3. The van der Waals surface area contributed by atoms with E-state index in [9.17, 15) is 4.39 Å². The van der Waals surface area contributed by atoms with Gasteiger partial charge in [0.2, 0.25) is 0 Å². The van der Waals surface area contributed by atoms with Gasteiger partial charge in [0.25, 0.3) is 0 Å². The molecule has 1 atom stereocenters. The number of thiophene rings is 1. The topological polar surface area (TPSA) is 38.0 Å². The minimum absolute atomic E-state index is 0.119. The summed E-state index contributed by atoms with van der Waals surface area (Å²) in [4.78, 5) is 1.18. The van der Waals surface area contributed by atoms with E-state index in [-0.39, 0.29) is 11.9 Å². The molecular weight excluding hydrogens is 383 g/mol. The third kappa shape index (κ3) is 3.39. The summed E-state index contributed by atoms with van der Waals surface area (Å²) >= 11 is 8.42. The van der Waals surface area contributed by atoms with Crippen LogP contribution >= 0.6 is 43.2 Å². The maximum atomic E-state index is 13.4. The van der Waals surface area contributed by atoms with Crippen LogP contribution in [0.25, 0.3) is 0 Å². The molecule has 0 aliphatic heterocycles. The van der Waals surface area contributed by atoms with Crippen molar-refractivity contribution in [3.05, 3.63) is 54.8 Å². The van der Waals surface area contributed by atoms with Crippen LogP contribution in [0, 0.1) is 5.82 Å². The standard InChI is InChI=1S/C12H11Br2FN2S/c13-8-3-7(4-9(15)5-8)11(17-16)6-12-10(14)1-2-18-12/h1-5,11,17H,6,16H2. The summed E-state index contributed by atoms with van der Waals surface area (Å²) in [6.07, 6.45) is 0.713. The average Bonchev–Trinajstić information content (AvgIpc) is 2.70. The number of hydrazine groups is 1. The number of hydrogen-bond acceptors (Lipinski definition) is 3. The second kappa shape index (κ2) is 6.25. The predicted molar refractivity (Wildman–Crippen MR) is 79.9 cm³/mol. The lowest BCUT2D eigenvalue weighted by Crippen LogP contribution is -2.29. The van der Waals surface area contributed by atoms with Gasteiger partial charge in [-0.1, -0.05) is 15.9 Å². The van der Waals surface area contributed by atoms with Gasteiger partial charge >= 0.3 is 0 Å². The Kier molecular flexibility index (Phi) is 4.91. The van der Waals surface area contributed by atoms with Crippen LogP contribution < -0.4 is 11.3 Å². The van der Waals surface area contributed by atoms with Crippen molar-refractivity contribution < 1.29 is 4.39 Å². The lowest BCUT2D eigenvalue weighted by atomic mass is 10.0. The summed E-state index contributed by atoms with van der Waals surface area (Å²) in [5.74, 6) is 5.30. The number of hydrogen-bond donors (Lipinski definition) is 2. The quantitative estimate of drug-likeness (QED) is 0.604. The molecular formula is C12H11Br2FN2S. The van der Waals surface area contributed by atoms with Crippen molar-refractivity contribution in [2.24, 2.45) is 5.84 Å². The highest BCUT2D eigenvalue weighted by molar-refractivity contribution is 9.10. The fourth-order valence-corrected chi connectivity index (χ4v) is 3.75. The van der Waals surface area contributed by atoms with E-state index in [4.69, 9.17) is 5.84 Å². The predicted octanol–water partition coefficient (Wildman–Crippen LogP) is 4.16.